The molecule has 2 aromatic carbocycles. The van der Waals surface area contributed by atoms with Gasteiger partial charge in [0, 0.05) is 22.9 Å². The zero-order valence-corrected chi connectivity index (χ0v) is 18.6. The second kappa shape index (κ2) is 7.79. The van der Waals surface area contributed by atoms with Crippen molar-refractivity contribution < 1.29 is 19.1 Å². The quantitative estimate of drug-likeness (QED) is 0.497. The molecule has 2 amide bonds. The van der Waals surface area contributed by atoms with Gasteiger partial charge in [0.2, 0.25) is 5.91 Å². The van der Waals surface area contributed by atoms with Crippen LogP contribution in [0.2, 0.25) is 0 Å². The Balaban J connectivity index is 1.31. The number of halogens is 1. The fraction of sp³-hybridized carbons (Fsp3) is 0.375. The van der Waals surface area contributed by atoms with Crippen molar-refractivity contribution in [3.05, 3.63) is 59.7 Å². The lowest BCUT2D eigenvalue weighted by Gasteiger charge is -2.27. The van der Waals surface area contributed by atoms with Crippen LogP contribution in [-0.2, 0) is 20.7 Å². The van der Waals surface area contributed by atoms with E-state index < -0.39 is 5.92 Å². The number of alkyl halides is 1. The van der Waals surface area contributed by atoms with Crippen LogP contribution in [-0.4, -0.2) is 28.7 Å². The number of nitrogens with one attached hydrogen (secondary N) is 2. The first-order valence-corrected chi connectivity index (χ1v) is 11.5. The Morgan fingerprint density at radius 1 is 1.10 bits per heavy atom. The minimum absolute atomic E-state index is 0.0201. The molecule has 2 saturated carbocycles. The number of anilines is 2. The van der Waals surface area contributed by atoms with Gasteiger partial charge in [0.15, 0.2) is 0 Å². The summed E-state index contributed by atoms with van der Waals surface area (Å²) in [7, 11) is 0. The van der Waals surface area contributed by atoms with E-state index in [9.17, 15) is 14.4 Å². The number of hydrogen-bond donors (Lipinski definition) is 2. The largest absolute Gasteiger partial charge is 0.461 e. The molecule has 31 heavy (non-hydrogen) atoms. The second-order valence-electron chi connectivity index (χ2n) is 8.50. The van der Waals surface area contributed by atoms with Crippen LogP contribution < -0.4 is 10.6 Å². The summed E-state index contributed by atoms with van der Waals surface area (Å²) in [5, 5.41) is 5.88. The summed E-state index contributed by atoms with van der Waals surface area (Å²) in [6, 6.07) is 14.6. The number of carbonyl (C=O) groups is 3. The van der Waals surface area contributed by atoms with E-state index in [2.05, 4.69) is 26.6 Å². The molecular formula is C24H23BrN2O4. The molecule has 1 saturated heterocycles. The number of amides is 2. The van der Waals surface area contributed by atoms with Gasteiger partial charge in [-0.1, -0.05) is 47.1 Å². The van der Waals surface area contributed by atoms with Crippen LogP contribution in [0.25, 0.3) is 0 Å². The van der Waals surface area contributed by atoms with Crippen molar-refractivity contribution in [1.82, 2.24) is 0 Å². The third-order valence-electron chi connectivity index (χ3n) is 6.86. The molecule has 5 rings (SSSR count). The highest BCUT2D eigenvalue weighted by molar-refractivity contribution is 9.09. The van der Waals surface area contributed by atoms with Crippen LogP contribution in [0.15, 0.2) is 48.5 Å². The molecule has 2 N–H and O–H groups in total. The highest BCUT2D eigenvalue weighted by atomic mass is 79.9. The van der Waals surface area contributed by atoms with E-state index in [1.165, 1.54) is 0 Å². The van der Waals surface area contributed by atoms with Gasteiger partial charge in [0.25, 0.3) is 5.91 Å². The van der Waals surface area contributed by atoms with Gasteiger partial charge in [-0.25, -0.2) is 0 Å². The van der Waals surface area contributed by atoms with E-state index in [0.29, 0.717) is 11.3 Å². The predicted molar refractivity (Wildman–Crippen MR) is 120 cm³/mol. The number of ether oxygens (including phenoxy) is 1. The van der Waals surface area contributed by atoms with Gasteiger partial charge in [0.1, 0.15) is 6.10 Å². The van der Waals surface area contributed by atoms with Crippen molar-refractivity contribution >= 4 is 45.1 Å². The lowest BCUT2D eigenvalue weighted by Crippen LogP contribution is -2.40. The Morgan fingerprint density at radius 3 is 2.71 bits per heavy atom. The van der Waals surface area contributed by atoms with Crippen molar-refractivity contribution in [1.29, 1.82) is 0 Å². The Morgan fingerprint density at radius 2 is 1.90 bits per heavy atom. The normalized spacial score (nSPS) is 30.2. The van der Waals surface area contributed by atoms with Crippen LogP contribution >= 0.6 is 15.9 Å². The molecule has 6 nitrogen and oxygen atoms in total. The Labute approximate surface area is 188 Å². The van der Waals surface area contributed by atoms with Crippen LogP contribution in [0.3, 0.4) is 0 Å². The van der Waals surface area contributed by atoms with Gasteiger partial charge < -0.3 is 15.4 Å². The molecule has 3 fully saturated rings. The van der Waals surface area contributed by atoms with Gasteiger partial charge in [-0.05, 0) is 48.6 Å². The minimum atomic E-state index is -0.408. The lowest BCUT2D eigenvalue weighted by molar-refractivity contribution is -0.145. The lowest BCUT2D eigenvalue weighted by atomic mass is 9.79. The zero-order chi connectivity index (χ0) is 21.7. The average molecular weight is 483 g/mol. The van der Waals surface area contributed by atoms with E-state index in [1.807, 2.05) is 31.2 Å². The molecule has 0 spiro atoms. The van der Waals surface area contributed by atoms with Crippen molar-refractivity contribution in [2.75, 3.05) is 10.6 Å². The maximum absolute atomic E-state index is 13.1. The van der Waals surface area contributed by atoms with Crippen LogP contribution in [0.5, 0.6) is 0 Å². The molecule has 7 heteroatoms. The first kappa shape index (κ1) is 20.2. The SMILES string of the molecule is CCc1ccccc1NC(=O)c1cccc(NC(=O)[C@@H]2[C@H]3C[C@H]4[C@H](OC(=O)[C@@H]42)[C@@H]3Br)c1. The summed E-state index contributed by atoms with van der Waals surface area (Å²) >= 11 is 3.63. The summed E-state index contributed by atoms with van der Waals surface area (Å²) < 4.78 is 5.49. The van der Waals surface area contributed by atoms with Crippen LogP contribution in [0.1, 0.15) is 29.3 Å². The van der Waals surface area contributed by atoms with Crippen molar-refractivity contribution in [2.45, 2.75) is 30.7 Å². The van der Waals surface area contributed by atoms with Gasteiger partial charge in [-0.3, -0.25) is 14.4 Å². The molecule has 0 radical (unpaired) electrons. The summed E-state index contributed by atoms with van der Waals surface area (Å²) in [6.07, 6.45) is 1.54. The number of rotatable bonds is 5. The van der Waals surface area contributed by atoms with Crippen molar-refractivity contribution in [3.8, 4) is 0 Å². The fourth-order valence-electron chi connectivity index (χ4n) is 5.44. The highest BCUT2D eigenvalue weighted by Gasteiger charge is 2.67. The fourth-order valence-corrected chi connectivity index (χ4v) is 6.48. The Bertz CT molecular complexity index is 1070. The molecule has 1 aliphatic heterocycles. The summed E-state index contributed by atoms with van der Waals surface area (Å²) in [4.78, 5) is 38.2. The summed E-state index contributed by atoms with van der Waals surface area (Å²) in [6.45, 7) is 2.04. The molecule has 2 aromatic rings. The number of fused-ring (bicyclic) bond motifs is 1. The van der Waals surface area contributed by atoms with Gasteiger partial charge in [-0.15, -0.1) is 0 Å². The van der Waals surface area contributed by atoms with E-state index in [1.54, 1.807) is 24.3 Å². The molecule has 1 heterocycles. The van der Waals surface area contributed by atoms with Crippen LogP contribution in [0.4, 0.5) is 11.4 Å². The Kier molecular flexibility index (Phi) is 5.08. The Hall–Kier alpha value is -2.67. The smallest absolute Gasteiger partial charge is 0.310 e. The molecule has 6 atom stereocenters. The van der Waals surface area contributed by atoms with Crippen LogP contribution in [0, 0.1) is 23.7 Å². The van der Waals surface area contributed by atoms with E-state index in [4.69, 9.17) is 4.74 Å². The van der Waals surface area contributed by atoms with E-state index in [-0.39, 0.29) is 46.5 Å². The topological polar surface area (TPSA) is 84.5 Å². The number of benzene rings is 2. The minimum Gasteiger partial charge on any atom is -0.461 e. The number of esters is 1. The first-order chi connectivity index (χ1) is 15.0. The summed E-state index contributed by atoms with van der Waals surface area (Å²) in [5.41, 5.74) is 2.83. The third kappa shape index (κ3) is 3.35. The molecule has 0 aromatic heterocycles. The van der Waals surface area contributed by atoms with Crippen molar-refractivity contribution in [2.24, 2.45) is 23.7 Å². The second-order valence-corrected chi connectivity index (χ2v) is 9.55. The average Bonchev–Trinajstić information content (AvgIpc) is 3.38. The molecule has 2 bridgehead atoms. The monoisotopic (exact) mass is 482 g/mol. The highest BCUT2D eigenvalue weighted by Crippen LogP contribution is 2.60. The van der Waals surface area contributed by atoms with Gasteiger partial charge in [-0.2, -0.15) is 0 Å². The summed E-state index contributed by atoms with van der Waals surface area (Å²) in [5.74, 6) is -1.25. The maximum Gasteiger partial charge on any atom is 0.310 e. The number of aryl methyl sites for hydroxylation is 1. The number of para-hydroxylation sites is 1. The molecule has 3 aliphatic rings. The van der Waals surface area contributed by atoms with Gasteiger partial charge in [0.05, 0.1) is 16.7 Å². The molecule has 160 valence electrons. The van der Waals surface area contributed by atoms with E-state index >= 15 is 0 Å². The van der Waals surface area contributed by atoms with E-state index in [0.717, 1.165) is 24.1 Å². The molecular weight excluding hydrogens is 460 g/mol. The standard InChI is InChI=1S/C24H23BrN2O4/c1-2-12-6-3-4-9-17(12)27-22(28)13-7-5-8-14(10-13)26-23(29)18-15-11-16-19(18)24(30)31-21(16)20(15)25/h3-10,15-16,18-21H,2,11H2,1H3,(H,26,29)(H,27,28)/t15-,16-,18-,19+,20-,21+/m1/s1. The number of hydrogen-bond acceptors (Lipinski definition) is 4. The molecule has 2 aliphatic carbocycles. The van der Waals surface area contributed by atoms with Gasteiger partial charge >= 0.3 is 5.97 Å². The number of carbonyl (C=O) groups excluding carboxylic acids is 3. The van der Waals surface area contributed by atoms with Crippen molar-refractivity contribution in [3.63, 3.8) is 0 Å². The first-order valence-electron chi connectivity index (χ1n) is 10.6. The predicted octanol–water partition coefficient (Wildman–Crippen LogP) is 4.01. The maximum atomic E-state index is 13.1. The zero-order valence-electron chi connectivity index (χ0n) is 17.0. The molecule has 0 unspecified atom stereocenters. The third-order valence-corrected chi connectivity index (χ3v) is 8.06.